The third-order valence-electron chi connectivity index (χ3n) is 8.28. The lowest BCUT2D eigenvalue weighted by atomic mass is 9.91. The molecule has 0 aliphatic carbocycles. The molecule has 0 aliphatic heterocycles. The van der Waals surface area contributed by atoms with Crippen molar-refractivity contribution in [3.8, 4) is 0 Å². The monoisotopic (exact) mass is 562 g/mol. The summed E-state index contributed by atoms with van der Waals surface area (Å²) in [5, 5.41) is 0. The van der Waals surface area contributed by atoms with Gasteiger partial charge in [0.05, 0.1) is 11.4 Å². The van der Waals surface area contributed by atoms with Crippen molar-refractivity contribution in [3.05, 3.63) is 136 Å². The van der Waals surface area contributed by atoms with E-state index in [1.165, 1.54) is 46.3 Å². The Morgan fingerprint density at radius 2 is 0.814 bits per heavy atom. The largest absolute Gasteiger partial charge is 0.310 e. The number of hydrogen-bond donors (Lipinski definition) is 0. The highest BCUT2D eigenvalue weighted by Gasteiger charge is 2.21. The normalized spacial score (nSPS) is 11.0. The minimum Gasteiger partial charge on any atom is -0.310 e. The van der Waals surface area contributed by atoms with E-state index in [-0.39, 0.29) is 0 Å². The minimum absolute atomic E-state index is 0.790. The molecule has 0 bridgehead atoms. The standard InChI is InChI=1S/C40H43BN2/c1-8-9-10-33-23-29(4)39(30(5)24-33)42(35-15-11-27(2)12-16-35)37-19-21-38(22-20-37)43(36-17-13-28(3)14-18-36)40-31(6)25-34(41)26-32(40)7/h11-26H,8-10H2,1-7H3. The fourth-order valence-electron chi connectivity index (χ4n) is 6.22. The molecule has 0 aromatic heterocycles. The summed E-state index contributed by atoms with van der Waals surface area (Å²) < 4.78 is 0. The summed E-state index contributed by atoms with van der Waals surface area (Å²) >= 11 is 0. The maximum atomic E-state index is 6.23. The maximum Gasteiger partial charge on any atom is 0.113 e. The van der Waals surface area contributed by atoms with E-state index in [1.807, 2.05) is 0 Å². The Hall–Kier alpha value is -4.24. The molecule has 0 heterocycles. The Bertz CT molecular complexity index is 1650. The van der Waals surface area contributed by atoms with Gasteiger partial charge in [-0.05, 0) is 131 Å². The van der Waals surface area contributed by atoms with Crippen LogP contribution in [0, 0.1) is 41.5 Å². The van der Waals surface area contributed by atoms with Gasteiger partial charge in [-0.15, -0.1) is 0 Å². The van der Waals surface area contributed by atoms with Crippen LogP contribution in [0.4, 0.5) is 34.1 Å². The van der Waals surface area contributed by atoms with Gasteiger partial charge in [-0.2, -0.15) is 0 Å². The molecule has 5 aromatic rings. The van der Waals surface area contributed by atoms with Gasteiger partial charge in [-0.3, -0.25) is 0 Å². The van der Waals surface area contributed by atoms with Crippen LogP contribution < -0.4 is 15.3 Å². The fraction of sp³-hybridized carbons (Fsp3) is 0.250. The highest BCUT2D eigenvalue weighted by Crippen LogP contribution is 2.42. The zero-order valence-electron chi connectivity index (χ0n) is 26.8. The van der Waals surface area contributed by atoms with E-state index < -0.39 is 0 Å². The predicted octanol–water partition coefficient (Wildman–Crippen LogP) is 10.6. The third-order valence-corrected chi connectivity index (χ3v) is 8.28. The first kappa shape index (κ1) is 30.2. The average Bonchev–Trinajstić information content (AvgIpc) is 2.97. The first-order valence-electron chi connectivity index (χ1n) is 15.5. The first-order chi connectivity index (χ1) is 20.7. The number of unbranched alkanes of at least 4 members (excludes halogenated alkanes) is 1. The summed E-state index contributed by atoms with van der Waals surface area (Å²) in [6.07, 6.45) is 3.54. The summed E-state index contributed by atoms with van der Waals surface area (Å²) in [4.78, 5) is 4.76. The van der Waals surface area contributed by atoms with Crippen LogP contribution in [-0.4, -0.2) is 7.85 Å². The zero-order valence-corrected chi connectivity index (χ0v) is 26.8. The molecule has 0 aliphatic rings. The highest BCUT2D eigenvalue weighted by atomic mass is 15.2. The summed E-state index contributed by atoms with van der Waals surface area (Å²) in [6.45, 7) is 15.3. The van der Waals surface area contributed by atoms with E-state index in [2.05, 4.69) is 155 Å². The second-order valence-electron chi connectivity index (χ2n) is 12.0. The maximum absolute atomic E-state index is 6.23. The van der Waals surface area contributed by atoms with E-state index in [0.717, 1.165) is 51.4 Å². The van der Waals surface area contributed by atoms with Gasteiger partial charge in [-0.1, -0.05) is 78.5 Å². The molecule has 0 saturated heterocycles. The lowest BCUT2D eigenvalue weighted by Crippen LogP contribution is -2.16. The quantitative estimate of drug-likeness (QED) is 0.165. The van der Waals surface area contributed by atoms with Crippen molar-refractivity contribution in [1.29, 1.82) is 0 Å². The topological polar surface area (TPSA) is 6.48 Å². The van der Waals surface area contributed by atoms with E-state index in [4.69, 9.17) is 7.85 Å². The number of benzene rings is 5. The molecule has 0 spiro atoms. The van der Waals surface area contributed by atoms with Crippen LogP contribution in [-0.2, 0) is 6.42 Å². The van der Waals surface area contributed by atoms with E-state index in [0.29, 0.717) is 0 Å². The van der Waals surface area contributed by atoms with Gasteiger partial charge in [0.15, 0.2) is 0 Å². The lowest BCUT2D eigenvalue weighted by Gasteiger charge is -2.31. The SMILES string of the molecule is [B]c1cc(C)c(N(c2ccc(C)cc2)c2ccc(N(c3ccc(C)cc3)c3c(C)cc(CCCC)cc3C)cc2)c(C)c1. The molecule has 2 nitrogen and oxygen atoms in total. The average molecular weight is 563 g/mol. The molecular formula is C40H43BN2. The molecule has 43 heavy (non-hydrogen) atoms. The van der Waals surface area contributed by atoms with Gasteiger partial charge in [0, 0.05) is 22.7 Å². The minimum atomic E-state index is 0.790. The molecule has 0 saturated carbocycles. The number of anilines is 6. The van der Waals surface area contributed by atoms with Crippen molar-refractivity contribution in [2.45, 2.75) is 67.7 Å². The van der Waals surface area contributed by atoms with Crippen molar-refractivity contribution in [3.63, 3.8) is 0 Å². The Kier molecular flexibility index (Phi) is 9.11. The smallest absolute Gasteiger partial charge is 0.113 e. The molecule has 5 rings (SSSR count). The fourth-order valence-corrected chi connectivity index (χ4v) is 6.22. The van der Waals surface area contributed by atoms with Crippen molar-refractivity contribution in [2.75, 3.05) is 9.80 Å². The molecule has 5 aromatic carbocycles. The number of nitrogens with zero attached hydrogens (tertiary/aromatic N) is 2. The highest BCUT2D eigenvalue weighted by molar-refractivity contribution is 6.32. The van der Waals surface area contributed by atoms with Gasteiger partial charge < -0.3 is 9.80 Å². The van der Waals surface area contributed by atoms with Gasteiger partial charge in [-0.25, -0.2) is 0 Å². The van der Waals surface area contributed by atoms with Gasteiger partial charge >= 0.3 is 0 Å². The van der Waals surface area contributed by atoms with Crippen LogP contribution in [0.25, 0.3) is 0 Å². The predicted molar refractivity (Wildman–Crippen MR) is 188 cm³/mol. The second-order valence-corrected chi connectivity index (χ2v) is 12.0. The van der Waals surface area contributed by atoms with Crippen LogP contribution in [0.15, 0.2) is 97.1 Å². The molecule has 0 unspecified atom stereocenters. The lowest BCUT2D eigenvalue weighted by molar-refractivity contribution is 0.794. The Balaban J connectivity index is 1.64. The van der Waals surface area contributed by atoms with Crippen LogP contribution in [0.5, 0.6) is 0 Å². The Morgan fingerprint density at radius 1 is 0.488 bits per heavy atom. The first-order valence-corrected chi connectivity index (χ1v) is 15.5. The van der Waals surface area contributed by atoms with Gasteiger partial charge in [0.2, 0.25) is 0 Å². The molecule has 3 heteroatoms. The Labute approximate surface area is 260 Å². The molecule has 2 radical (unpaired) electrons. The van der Waals surface area contributed by atoms with Crippen LogP contribution >= 0.6 is 0 Å². The molecule has 0 N–H and O–H groups in total. The van der Waals surface area contributed by atoms with Crippen molar-refractivity contribution < 1.29 is 0 Å². The van der Waals surface area contributed by atoms with Crippen molar-refractivity contribution in [1.82, 2.24) is 0 Å². The molecule has 0 fully saturated rings. The number of hydrogen-bond acceptors (Lipinski definition) is 2. The van der Waals surface area contributed by atoms with Crippen LogP contribution in [0.2, 0.25) is 0 Å². The summed E-state index contributed by atoms with van der Waals surface area (Å²) in [5.41, 5.74) is 16.5. The number of aryl methyl sites for hydroxylation is 7. The second kappa shape index (κ2) is 13.0. The van der Waals surface area contributed by atoms with Gasteiger partial charge in [0.1, 0.15) is 7.85 Å². The van der Waals surface area contributed by atoms with Crippen molar-refractivity contribution >= 4 is 47.4 Å². The van der Waals surface area contributed by atoms with E-state index in [1.54, 1.807) is 0 Å². The zero-order chi connectivity index (χ0) is 30.7. The van der Waals surface area contributed by atoms with Gasteiger partial charge in [0.25, 0.3) is 0 Å². The van der Waals surface area contributed by atoms with Crippen molar-refractivity contribution in [2.24, 2.45) is 0 Å². The van der Waals surface area contributed by atoms with Crippen LogP contribution in [0.1, 0.15) is 58.7 Å². The third kappa shape index (κ3) is 6.57. The number of rotatable bonds is 9. The molecule has 216 valence electrons. The Morgan fingerprint density at radius 3 is 1.16 bits per heavy atom. The summed E-state index contributed by atoms with van der Waals surface area (Å²) in [5.74, 6) is 0. The van der Waals surface area contributed by atoms with Crippen LogP contribution in [0.3, 0.4) is 0 Å². The molecule has 0 amide bonds. The summed E-state index contributed by atoms with van der Waals surface area (Å²) in [7, 11) is 6.23. The van der Waals surface area contributed by atoms with E-state index >= 15 is 0 Å². The molecule has 0 atom stereocenters. The summed E-state index contributed by atoms with van der Waals surface area (Å²) in [6, 6.07) is 35.5. The van der Waals surface area contributed by atoms with E-state index in [9.17, 15) is 0 Å². The molecular weight excluding hydrogens is 519 g/mol.